The minimum Gasteiger partial charge on any atom is -0.335 e. The quantitative estimate of drug-likeness (QED) is 0.486. The van der Waals surface area contributed by atoms with Crippen molar-refractivity contribution in [2.24, 2.45) is 5.18 Å². The van der Waals surface area contributed by atoms with Gasteiger partial charge in [0.05, 0.1) is 0 Å². The molecule has 1 aromatic carbocycles. The molecule has 2 rings (SSSR count). The van der Waals surface area contributed by atoms with Gasteiger partial charge in [0, 0.05) is 10.9 Å². The van der Waals surface area contributed by atoms with Gasteiger partial charge < -0.3 is 4.98 Å². The monoisotopic (exact) mass is 177 g/mol. The van der Waals surface area contributed by atoms with Crippen LogP contribution in [0.5, 0.6) is 0 Å². The maximum absolute atomic E-state index is 10.3. The molecule has 0 aliphatic heterocycles. The minimum absolute atomic E-state index is 0.101. The molecule has 0 amide bonds. The van der Waals surface area contributed by atoms with Crippen LogP contribution in [0.15, 0.2) is 29.4 Å². The molecule has 0 aliphatic carbocycles. The van der Waals surface area contributed by atoms with Gasteiger partial charge in [-0.25, -0.2) is 0 Å². The molecule has 2 aromatic rings. The molecule has 0 radical (unpaired) electrons. The van der Waals surface area contributed by atoms with E-state index in [2.05, 4.69) is 10.2 Å². The van der Waals surface area contributed by atoms with E-state index in [4.69, 9.17) is 5.21 Å². The van der Waals surface area contributed by atoms with Gasteiger partial charge in [-0.15, -0.1) is 4.91 Å². The van der Waals surface area contributed by atoms with Gasteiger partial charge in [-0.2, -0.15) is 0 Å². The van der Waals surface area contributed by atoms with Crippen LogP contribution in [0.2, 0.25) is 0 Å². The van der Waals surface area contributed by atoms with Crippen LogP contribution in [0.3, 0.4) is 0 Å². The molecule has 0 saturated carbocycles. The zero-order valence-electron chi connectivity index (χ0n) is 6.61. The van der Waals surface area contributed by atoms with E-state index in [1.165, 1.54) is 0 Å². The summed E-state index contributed by atoms with van der Waals surface area (Å²) in [6.45, 7) is 0. The van der Waals surface area contributed by atoms with Crippen LogP contribution in [0.1, 0.15) is 0 Å². The highest BCUT2D eigenvalue weighted by Gasteiger charge is 2.09. The number of nitroso groups, excluding NO2 is 1. The lowest BCUT2D eigenvalue weighted by Crippen LogP contribution is -1.86. The smallest absolute Gasteiger partial charge is 0.201 e. The number of benzene rings is 1. The van der Waals surface area contributed by atoms with Crippen LogP contribution in [0, 0.1) is 4.91 Å². The number of aromatic amines is 1. The number of anilines is 1. The normalized spacial score (nSPS) is 10.2. The SMILES string of the molecule is O=Nc1[nH]c2ccccc2c1NO. The van der Waals surface area contributed by atoms with Gasteiger partial charge >= 0.3 is 0 Å². The number of rotatable bonds is 2. The van der Waals surface area contributed by atoms with Gasteiger partial charge in [0.1, 0.15) is 5.69 Å². The summed E-state index contributed by atoms with van der Waals surface area (Å²) in [5.41, 5.74) is 3.01. The lowest BCUT2D eigenvalue weighted by molar-refractivity contribution is 0.390. The predicted molar refractivity (Wildman–Crippen MR) is 49.2 cm³/mol. The molecule has 1 heterocycles. The van der Waals surface area contributed by atoms with Gasteiger partial charge in [0.25, 0.3) is 0 Å². The van der Waals surface area contributed by atoms with Gasteiger partial charge in [-0.05, 0) is 11.2 Å². The van der Waals surface area contributed by atoms with E-state index in [1.54, 1.807) is 12.1 Å². The standard InChI is InChI=1S/C8H7N3O2/c12-10-7-5-3-1-2-4-6(5)9-8(7)11-13/h1-4,9-10,12H. The number of aromatic nitrogens is 1. The molecular formula is C8H7N3O2. The number of nitrogens with one attached hydrogen (secondary N) is 2. The van der Waals surface area contributed by atoms with Gasteiger partial charge in [0.2, 0.25) is 5.82 Å². The summed E-state index contributed by atoms with van der Waals surface area (Å²) in [5.74, 6) is 0.101. The highest BCUT2D eigenvalue weighted by molar-refractivity contribution is 5.98. The first-order valence-electron chi connectivity index (χ1n) is 3.71. The predicted octanol–water partition coefficient (Wildman–Crippen LogP) is 2.37. The van der Waals surface area contributed by atoms with Crippen LogP contribution in [0.4, 0.5) is 11.5 Å². The van der Waals surface area contributed by atoms with E-state index in [0.717, 1.165) is 10.9 Å². The number of fused-ring (bicyclic) bond motifs is 1. The molecule has 5 nitrogen and oxygen atoms in total. The molecule has 1 aromatic heterocycles. The summed E-state index contributed by atoms with van der Waals surface area (Å²) in [6.07, 6.45) is 0. The molecule has 0 unspecified atom stereocenters. The van der Waals surface area contributed by atoms with Crippen molar-refractivity contribution in [2.45, 2.75) is 0 Å². The first-order valence-corrected chi connectivity index (χ1v) is 3.71. The van der Waals surface area contributed by atoms with E-state index < -0.39 is 0 Å². The number of hydrogen-bond acceptors (Lipinski definition) is 4. The second kappa shape index (κ2) is 2.87. The van der Waals surface area contributed by atoms with Crippen LogP contribution in [-0.4, -0.2) is 10.2 Å². The Morgan fingerprint density at radius 1 is 1.38 bits per heavy atom. The summed E-state index contributed by atoms with van der Waals surface area (Å²) in [4.78, 5) is 13.1. The van der Waals surface area contributed by atoms with Crippen LogP contribution in [0.25, 0.3) is 10.9 Å². The fraction of sp³-hybridized carbons (Fsp3) is 0. The fourth-order valence-corrected chi connectivity index (χ4v) is 1.31. The number of nitrogens with zero attached hydrogens (tertiary/aromatic N) is 1. The summed E-state index contributed by atoms with van der Waals surface area (Å²) in [5, 5.41) is 12.3. The summed E-state index contributed by atoms with van der Waals surface area (Å²) in [7, 11) is 0. The van der Waals surface area contributed by atoms with Crippen molar-refractivity contribution in [1.82, 2.24) is 4.98 Å². The van der Waals surface area contributed by atoms with Gasteiger partial charge in [-0.3, -0.25) is 10.7 Å². The number of hydrogen-bond donors (Lipinski definition) is 3. The molecule has 0 spiro atoms. The Balaban J connectivity index is 2.81. The highest BCUT2D eigenvalue weighted by atomic mass is 16.5. The molecular weight excluding hydrogens is 170 g/mol. The summed E-state index contributed by atoms with van der Waals surface area (Å²) >= 11 is 0. The van der Waals surface area contributed by atoms with Crippen molar-refractivity contribution >= 4 is 22.4 Å². The largest absolute Gasteiger partial charge is 0.335 e. The second-order valence-corrected chi connectivity index (χ2v) is 2.60. The Hall–Kier alpha value is -1.88. The Morgan fingerprint density at radius 2 is 2.15 bits per heavy atom. The summed E-state index contributed by atoms with van der Waals surface area (Å²) < 4.78 is 0. The third-order valence-electron chi connectivity index (χ3n) is 1.89. The first-order chi connectivity index (χ1) is 6.36. The zero-order chi connectivity index (χ0) is 9.26. The van der Waals surface area contributed by atoms with E-state index in [1.807, 2.05) is 17.6 Å². The lowest BCUT2D eigenvalue weighted by atomic mass is 10.2. The highest BCUT2D eigenvalue weighted by Crippen LogP contribution is 2.32. The van der Waals surface area contributed by atoms with Crippen molar-refractivity contribution in [3.05, 3.63) is 29.2 Å². The molecule has 3 N–H and O–H groups in total. The Bertz CT molecular complexity index is 450. The first kappa shape index (κ1) is 7.75. The van der Waals surface area contributed by atoms with Crippen LogP contribution < -0.4 is 5.48 Å². The molecule has 0 bridgehead atoms. The van der Waals surface area contributed by atoms with Crippen LogP contribution in [-0.2, 0) is 0 Å². The summed E-state index contributed by atoms with van der Waals surface area (Å²) in [6, 6.07) is 7.21. The van der Waals surface area contributed by atoms with Crippen LogP contribution >= 0.6 is 0 Å². The van der Waals surface area contributed by atoms with Crippen molar-refractivity contribution in [1.29, 1.82) is 0 Å². The maximum Gasteiger partial charge on any atom is 0.201 e. The minimum atomic E-state index is 0.101. The zero-order valence-corrected chi connectivity index (χ0v) is 6.61. The van der Waals surface area contributed by atoms with Crippen molar-refractivity contribution in [3.8, 4) is 0 Å². The Kier molecular flexibility index (Phi) is 1.71. The molecule has 0 aliphatic rings. The molecule has 13 heavy (non-hydrogen) atoms. The molecule has 5 heteroatoms. The van der Waals surface area contributed by atoms with Crippen molar-refractivity contribution < 1.29 is 5.21 Å². The van der Waals surface area contributed by atoms with Crippen molar-refractivity contribution in [3.63, 3.8) is 0 Å². The van der Waals surface area contributed by atoms with Gasteiger partial charge in [0.15, 0.2) is 0 Å². The molecule has 0 atom stereocenters. The van der Waals surface area contributed by atoms with E-state index >= 15 is 0 Å². The van der Waals surface area contributed by atoms with Crippen molar-refractivity contribution in [2.75, 3.05) is 5.48 Å². The maximum atomic E-state index is 10.3. The Morgan fingerprint density at radius 3 is 2.85 bits per heavy atom. The van der Waals surface area contributed by atoms with E-state index in [-0.39, 0.29) is 5.82 Å². The lowest BCUT2D eigenvalue weighted by Gasteiger charge is -1.94. The Labute approximate surface area is 73.3 Å². The van der Waals surface area contributed by atoms with Gasteiger partial charge in [-0.1, -0.05) is 18.2 Å². The number of para-hydroxylation sites is 1. The average molecular weight is 177 g/mol. The average Bonchev–Trinajstić information content (AvgIpc) is 2.55. The topological polar surface area (TPSA) is 77.5 Å². The molecule has 0 fully saturated rings. The third-order valence-corrected chi connectivity index (χ3v) is 1.89. The van der Waals surface area contributed by atoms with E-state index in [9.17, 15) is 4.91 Å². The third kappa shape index (κ3) is 1.06. The molecule has 66 valence electrons. The fourth-order valence-electron chi connectivity index (χ4n) is 1.31. The number of H-pyrrole nitrogens is 1. The molecule has 0 saturated heterocycles. The second-order valence-electron chi connectivity index (χ2n) is 2.60. The van der Waals surface area contributed by atoms with E-state index in [0.29, 0.717) is 5.69 Å².